The van der Waals surface area contributed by atoms with Gasteiger partial charge >= 0.3 is 0 Å². The molecule has 1 aliphatic carbocycles. The van der Waals surface area contributed by atoms with Gasteiger partial charge in [0.1, 0.15) is 5.60 Å². The van der Waals surface area contributed by atoms with Crippen LogP contribution in [0.25, 0.3) is 0 Å². The highest BCUT2D eigenvalue weighted by Crippen LogP contribution is 2.27. The molecule has 1 aromatic rings. The van der Waals surface area contributed by atoms with E-state index in [-0.39, 0.29) is 18.9 Å². The lowest BCUT2D eigenvalue weighted by Gasteiger charge is -2.26. The van der Waals surface area contributed by atoms with E-state index in [0.29, 0.717) is 18.4 Å². The van der Waals surface area contributed by atoms with Crippen LogP contribution in [0.5, 0.6) is 0 Å². The average Bonchev–Trinajstić information content (AvgIpc) is 2.54. The summed E-state index contributed by atoms with van der Waals surface area (Å²) in [6.07, 6.45) is 4.34. The molecule has 0 saturated heterocycles. The molecule has 0 aromatic heterocycles. The number of aliphatic hydroxyl groups is 1. The van der Waals surface area contributed by atoms with Gasteiger partial charge in [-0.15, -0.1) is 0 Å². The van der Waals surface area contributed by atoms with Gasteiger partial charge in [-0.2, -0.15) is 0 Å². The first-order chi connectivity index (χ1) is 11.0. The molecule has 0 unspecified atom stereocenters. The molecule has 0 spiro atoms. The number of carbonyl (C=O) groups excluding carboxylic acids is 2. The summed E-state index contributed by atoms with van der Waals surface area (Å²) in [6.45, 7) is 0.0375. The molecule has 2 N–H and O–H groups in total. The zero-order valence-electron chi connectivity index (χ0n) is 12.9. The number of amides is 1. The van der Waals surface area contributed by atoms with Crippen molar-refractivity contribution in [1.82, 2.24) is 5.32 Å². The molecule has 5 heteroatoms. The summed E-state index contributed by atoms with van der Waals surface area (Å²) in [4.78, 5) is 22.1. The van der Waals surface area contributed by atoms with Crippen molar-refractivity contribution in [2.24, 2.45) is 0 Å². The molecule has 2 rings (SSSR count). The predicted molar refractivity (Wildman–Crippen MR) is 83.3 cm³/mol. The molecule has 0 radical (unpaired) electrons. The Hall–Kier alpha value is -2.32. The van der Waals surface area contributed by atoms with E-state index >= 15 is 0 Å². The summed E-state index contributed by atoms with van der Waals surface area (Å²) < 4.78 is 0. The van der Waals surface area contributed by atoms with Crippen LogP contribution in [0.4, 0.5) is 0 Å². The Labute approximate surface area is 135 Å². The van der Waals surface area contributed by atoms with E-state index in [9.17, 15) is 19.8 Å². The summed E-state index contributed by atoms with van der Waals surface area (Å²) >= 11 is 0. The third-order valence-corrected chi connectivity index (χ3v) is 3.88. The van der Waals surface area contributed by atoms with Crippen LogP contribution < -0.4 is 10.4 Å². The molecule has 0 bridgehead atoms. The van der Waals surface area contributed by atoms with Gasteiger partial charge in [-0.05, 0) is 49.9 Å². The molecule has 0 atom stereocenters. The van der Waals surface area contributed by atoms with Crippen molar-refractivity contribution < 1.29 is 19.8 Å². The summed E-state index contributed by atoms with van der Waals surface area (Å²) in [7, 11) is 0. The van der Waals surface area contributed by atoms with E-state index in [1.54, 1.807) is 24.3 Å². The van der Waals surface area contributed by atoms with Gasteiger partial charge in [-0.25, -0.2) is 0 Å². The van der Waals surface area contributed by atoms with Crippen molar-refractivity contribution in [3.63, 3.8) is 0 Å². The molecule has 23 heavy (non-hydrogen) atoms. The first-order valence-corrected chi connectivity index (χ1v) is 7.82. The maximum Gasteiger partial charge on any atom is 0.251 e. The Bertz CT molecular complexity index is 619. The highest BCUT2D eigenvalue weighted by atomic mass is 16.4. The second-order valence-electron chi connectivity index (χ2n) is 5.80. The fraction of sp³-hybridized carbons (Fsp3) is 0.444. The summed E-state index contributed by atoms with van der Waals surface area (Å²) in [6, 6.07) is 6.69. The minimum atomic E-state index is -1.20. The predicted octanol–water partition coefficient (Wildman–Crippen LogP) is 0.603. The van der Waals surface area contributed by atoms with Crippen molar-refractivity contribution in [2.75, 3.05) is 6.54 Å². The van der Waals surface area contributed by atoms with Crippen LogP contribution in [0.15, 0.2) is 24.3 Å². The largest absolute Gasteiger partial charge is 0.550 e. The standard InChI is InChI=1S/C18H21NO4/c20-16(21)9-13-19-17(22)15-6-4-14(5-7-15)8-12-18(23)10-2-1-3-11-18/h4-7,23H,1-3,9-11,13H2,(H,19,22)(H,20,21)/p-1. The molecule has 0 heterocycles. The number of aliphatic carboxylic acids is 1. The second kappa shape index (κ2) is 7.80. The van der Waals surface area contributed by atoms with Crippen LogP contribution in [-0.2, 0) is 4.79 Å². The Morgan fingerprint density at radius 2 is 1.83 bits per heavy atom. The van der Waals surface area contributed by atoms with Gasteiger partial charge in [0.25, 0.3) is 5.91 Å². The van der Waals surface area contributed by atoms with Crippen molar-refractivity contribution in [3.05, 3.63) is 35.4 Å². The van der Waals surface area contributed by atoms with Crippen LogP contribution >= 0.6 is 0 Å². The number of hydrogen-bond acceptors (Lipinski definition) is 4. The van der Waals surface area contributed by atoms with Gasteiger partial charge in [0.05, 0.1) is 0 Å². The topological polar surface area (TPSA) is 89.5 Å². The molecule has 0 aliphatic heterocycles. The maximum absolute atomic E-state index is 11.8. The van der Waals surface area contributed by atoms with Crippen LogP contribution in [0.1, 0.15) is 54.4 Å². The Balaban J connectivity index is 1.94. The third-order valence-electron chi connectivity index (χ3n) is 3.88. The van der Waals surface area contributed by atoms with Gasteiger partial charge in [-0.1, -0.05) is 18.3 Å². The van der Waals surface area contributed by atoms with E-state index in [2.05, 4.69) is 17.2 Å². The second-order valence-corrected chi connectivity index (χ2v) is 5.80. The molecular formula is C18H20NO4-. The molecule has 122 valence electrons. The lowest BCUT2D eigenvalue weighted by Crippen LogP contribution is -2.31. The first kappa shape index (κ1) is 17.0. The van der Waals surface area contributed by atoms with E-state index in [1.165, 1.54) is 0 Å². The van der Waals surface area contributed by atoms with E-state index in [0.717, 1.165) is 24.8 Å². The maximum atomic E-state index is 11.8. The lowest BCUT2D eigenvalue weighted by molar-refractivity contribution is -0.305. The van der Waals surface area contributed by atoms with Crippen molar-refractivity contribution in [3.8, 4) is 11.8 Å². The summed E-state index contributed by atoms with van der Waals surface area (Å²) in [5, 5.41) is 23.1. The van der Waals surface area contributed by atoms with Crippen LogP contribution in [0.3, 0.4) is 0 Å². The third kappa shape index (κ3) is 5.42. The number of carboxylic acid groups (broad SMARTS) is 1. The zero-order chi connectivity index (χ0) is 16.7. The molecule has 1 amide bonds. The fourth-order valence-electron chi connectivity index (χ4n) is 2.54. The number of carboxylic acids is 1. The highest BCUT2D eigenvalue weighted by Gasteiger charge is 2.26. The van der Waals surface area contributed by atoms with Crippen LogP contribution in [-0.4, -0.2) is 29.1 Å². The number of benzene rings is 1. The lowest BCUT2D eigenvalue weighted by atomic mass is 9.85. The number of nitrogens with one attached hydrogen (secondary N) is 1. The SMILES string of the molecule is O=C([O-])CCNC(=O)c1ccc(C#CC2(O)CCCCC2)cc1. The molecule has 1 saturated carbocycles. The minimum Gasteiger partial charge on any atom is -0.550 e. The summed E-state index contributed by atoms with van der Waals surface area (Å²) in [5.74, 6) is 4.37. The monoisotopic (exact) mass is 314 g/mol. The van der Waals surface area contributed by atoms with Gasteiger partial charge in [-0.3, -0.25) is 4.79 Å². The van der Waals surface area contributed by atoms with Crippen molar-refractivity contribution in [1.29, 1.82) is 0 Å². The van der Waals surface area contributed by atoms with E-state index < -0.39 is 11.6 Å². The molecule has 1 fully saturated rings. The van der Waals surface area contributed by atoms with Crippen LogP contribution in [0, 0.1) is 11.8 Å². The zero-order valence-corrected chi connectivity index (χ0v) is 12.9. The molecular weight excluding hydrogens is 294 g/mol. The molecule has 1 aliphatic rings. The van der Waals surface area contributed by atoms with Gasteiger partial charge in [0.15, 0.2) is 0 Å². The van der Waals surface area contributed by atoms with Gasteiger partial charge in [0, 0.05) is 30.1 Å². The fourth-order valence-corrected chi connectivity index (χ4v) is 2.54. The highest BCUT2D eigenvalue weighted by molar-refractivity contribution is 5.94. The number of hydrogen-bond donors (Lipinski definition) is 2. The van der Waals surface area contributed by atoms with Gasteiger partial charge in [0.2, 0.25) is 0 Å². The Kier molecular flexibility index (Phi) is 5.78. The first-order valence-electron chi connectivity index (χ1n) is 7.82. The number of carbonyl (C=O) groups is 2. The van der Waals surface area contributed by atoms with E-state index in [1.807, 2.05) is 0 Å². The quantitative estimate of drug-likeness (QED) is 0.797. The number of rotatable bonds is 4. The molecule has 1 aromatic carbocycles. The molecule has 5 nitrogen and oxygen atoms in total. The van der Waals surface area contributed by atoms with Crippen molar-refractivity contribution in [2.45, 2.75) is 44.1 Å². The van der Waals surface area contributed by atoms with Gasteiger partial charge < -0.3 is 20.3 Å². The van der Waals surface area contributed by atoms with Crippen molar-refractivity contribution >= 4 is 11.9 Å². The van der Waals surface area contributed by atoms with Crippen LogP contribution in [0.2, 0.25) is 0 Å². The Morgan fingerprint density at radius 1 is 1.17 bits per heavy atom. The minimum absolute atomic E-state index is 0.0375. The summed E-state index contributed by atoms with van der Waals surface area (Å²) in [5.41, 5.74) is 0.277. The Morgan fingerprint density at radius 3 is 2.43 bits per heavy atom. The smallest absolute Gasteiger partial charge is 0.251 e. The van der Waals surface area contributed by atoms with E-state index in [4.69, 9.17) is 0 Å². The average molecular weight is 314 g/mol. The normalized spacial score (nSPS) is 16.0.